The highest BCUT2D eigenvalue weighted by Gasteiger charge is 2.28. The van der Waals surface area contributed by atoms with Crippen molar-refractivity contribution in [1.29, 1.82) is 0 Å². The van der Waals surface area contributed by atoms with E-state index >= 15 is 0 Å². The third-order valence-electron chi connectivity index (χ3n) is 4.60. The van der Waals surface area contributed by atoms with E-state index in [0.29, 0.717) is 5.75 Å². The third kappa shape index (κ3) is 5.41. The number of non-ortho nitro benzene ring substituents is 1. The first-order valence-electron chi connectivity index (χ1n) is 9.53. The van der Waals surface area contributed by atoms with Crippen LogP contribution in [0.15, 0.2) is 83.8 Å². The predicted octanol–water partition coefficient (Wildman–Crippen LogP) is 3.12. The molecule has 0 saturated carbocycles. The molecule has 0 heterocycles. The summed E-state index contributed by atoms with van der Waals surface area (Å²) in [5.41, 5.74) is 0.531. The van der Waals surface area contributed by atoms with Crippen molar-refractivity contribution in [3.63, 3.8) is 0 Å². The van der Waals surface area contributed by atoms with Gasteiger partial charge in [-0.2, -0.15) is 0 Å². The highest BCUT2D eigenvalue weighted by molar-refractivity contribution is 7.92. The van der Waals surface area contributed by atoms with E-state index in [9.17, 15) is 23.3 Å². The minimum atomic E-state index is -4.15. The Kier molecular flexibility index (Phi) is 7.06. The molecule has 32 heavy (non-hydrogen) atoms. The molecule has 0 aliphatic rings. The molecular weight excluding hydrogens is 434 g/mol. The van der Waals surface area contributed by atoms with Crippen LogP contribution in [0.3, 0.4) is 0 Å². The Bertz CT molecular complexity index is 1200. The van der Waals surface area contributed by atoms with Crippen molar-refractivity contribution in [2.75, 3.05) is 18.0 Å². The molecular formula is C22H21N3O6S. The van der Waals surface area contributed by atoms with Crippen LogP contribution in [0.2, 0.25) is 0 Å². The van der Waals surface area contributed by atoms with Crippen LogP contribution in [0.1, 0.15) is 5.56 Å². The summed E-state index contributed by atoms with van der Waals surface area (Å²) in [6, 6.07) is 19.8. The number of nitrogens with one attached hydrogen (secondary N) is 1. The standard InChI is InChI=1S/C22H21N3O6S/c1-31-20-12-10-17(11-13-20)15-23-22(26)16-24(18-6-5-7-19(14-18)25(27)28)32(29,30)21-8-3-2-4-9-21/h2-14H,15-16H2,1H3,(H,23,26). The Morgan fingerprint density at radius 1 is 1.03 bits per heavy atom. The van der Waals surface area contributed by atoms with E-state index in [1.807, 2.05) is 0 Å². The van der Waals surface area contributed by atoms with Gasteiger partial charge in [-0.15, -0.1) is 0 Å². The molecule has 0 saturated heterocycles. The van der Waals surface area contributed by atoms with Crippen molar-refractivity contribution < 1.29 is 22.9 Å². The molecule has 3 rings (SSSR count). The maximum Gasteiger partial charge on any atom is 0.271 e. The van der Waals surface area contributed by atoms with Crippen molar-refractivity contribution in [3.05, 3.63) is 94.5 Å². The molecule has 0 aliphatic carbocycles. The number of nitro benzene ring substituents is 1. The lowest BCUT2D eigenvalue weighted by Gasteiger charge is -2.24. The smallest absolute Gasteiger partial charge is 0.271 e. The Labute approximate surface area is 185 Å². The van der Waals surface area contributed by atoms with Gasteiger partial charge < -0.3 is 10.1 Å². The average molecular weight is 455 g/mol. The van der Waals surface area contributed by atoms with Crippen LogP contribution in [0.25, 0.3) is 0 Å². The number of amides is 1. The summed E-state index contributed by atoms with van der Waals surface area (Å²) >= 11 is 0. The van der Waals surface area contributed by atoms with Gasteiger partial charge in [0.25, 0.3) is 15.7 Å². The number of ether oxygens (including phenoxy) is 1. The summed E-state index contributed by atoms with van der Waals surface area (Å²) < 4.78 is 32.5. The summed E-state index contributed by atoms with van der Waals surface area (Å²) in [6.07, 6.45) is 0. The number of methoxy groups -OCH3 is 1. The normalized spacial score (nSPS) is 10.9. The molecule has 3 aromatic carbocycles. The average Bonchev–Trinajstić information content (AvgIpc) is 2.82. The van der Waals surface area contributed by atoms with E-state index in [1.54, 1.807) is 49.6 Å². The number of carbonyl (C=O) groups excluding carboxylic acids is 1. The van der Waals surface area contributed by atoms with Gasteiger partial charge in [0.2, 0.25) is 5.91 Å². The van der Waals surface area contributed by atoms with Crippen molar-refractivity contribution in [2.45, 2.75) is 11.4 Å². The molecule has 0 aromatic heterocycles. The number of hydrogen-bond donors (Lipinski definition) is 1. The predicted molar refractivity (Wildman–Crippen MR) is 119 cm³/mol. The maximum atomic E-state index is 13.3. The molecule has 0 aliphatic heterocycles. The summed E-state index contributed by atoms with van der Waals surface area (Å²) in [5.74, 6) is 0.109. The highest BCUT2D eigenvalue weighted by atomic mass is 32.2. The van der Waals surface area contributed by atoms with Crippen LogP contribution in [0, 0.1) is 10.1 Å². The molecule has 1 amide bonds. The Morgan fingerprint density at radius 3 is 2.34 bits per heavy atom. The van der Waals surface area contributed by atoms with Gasteiger partial charge in [-0.05, 0) is 35.9 Å². The summed E-state index contributed by atoms with van der Waals surface area (Å²) in [4.78, 5) is 23.2. The first kappa shape index (κ1) is 22.8. The van der Waals surface area contributed by atoms with Gasteiger partial charge in [-0.3, -0.25) is 19.2 Å². The van der Waals surface area contributed by atoms with Crippen molar-refractivity contribution in [3.8, 4) is 5.75 Å². The van der Waals surface area contributed by atoms with Crippen LogP contribution < -0.4 is 14.4 Å². The highest BCUT2D eigenvalue weighted by Crippen LogP contribution is 2.26. The fraction of sp³-hybridized carbons (Fsp3) is 0.136. The lowest BCUT2D eigenvalue weighted by atomic mass is 10.2. The number of rotatable bonds is 9. The molecule has 0 atom stereocenters. The van der Waals surface area contributed by atoms with Gasteiger partial charge in [-0.25, -0.2) is 8.42 Å². The lowest BCUT2D eigenvalue weighted by Crippen LogP contribution is -2.40. The van der Waals surface area contributed by atoms with Gasteiger partial charge >= 0.3 is 0 Å². The van der Waals surface area contributed by atoms with E-state index in [0.717, 1.165) is 15.9 Å². The van der Waals surface area contributed by atoms with Crippen LogP contribution in [-0.2, 0) is 21.4 Å². The number of nitro groups is 1. The SMILES string of the molecule is COc1ccc(CNC(=O)CN(c2cccc([N+](=O)[O-])c2)S(=O)(=O)c2ccccc2)cc1. The number of benzene rings is 3. The Hall–Kier alpha value is -3.92. The molecule has 0 fully saturated rings. The molecule has 166 valence electrons. The summed E-state index contributed by atoms with van der Waals surface area (Å²) in [7, 11) is -2.60. The molecule has 9 nitrogen and oxygen atoms in total. The van der Waals surface area contributed by atoms with Crippen LogP contribution in [0.4, 0.5) is 11.4 Å². The zero-order valence-corrected chi connectivity index (χ0v) is 18.0. The molecule has 0 unspecified atom stereocenters. The van der Waals surface area contributed by atoms with Crippen molar-refractivity contribution in [2.24, 2.45) is 0 Å². The lowest BCUT2D eigenvalue weighted by molar-refractivity contribution is -0.384. The molecule has 1 N–H and O–H groups in total. The van der Waals surface area contributed by atoms with Crippen LogP contribution >= 0.6 is 0 Å². The van der Waals surface area contributed by atoms with E-state index in [1.165, 1.54) is 30.3 Å². The first-order chi connectivity index (χ1) is 15.3. The van der Waals surface area contributed by atoms with Crippen molar-refractivity contribution >= 4 is 27.3 Å². The quantitative estimate of drug-likeness (QED) is 0.391. The van der Waals surface area contributed by atoms with Gasteiger partial charge in [-0.1, -0.05) is 36.4 Å². The largest absolute Gasteiger partial charge is 0.497 e. The maximum absolute atomic E-state index is 13.3. The number of nitrogens with zero attached hydrogens (tertiary/aromatic N) is 2. The van der Waals surface area contributed by atoms with E-state index in [-0.39, 0.29) is 22.8 Å². The number of sulfonamides is 1. The topological polar surface area (TPSA) is 119 Å². The molecule has 0 radical (unpaired) electrons. The molecule has 10 heteroatoms. The molecule has 3 aromatic rings. The number of hydrogen-bond acceptors (Lipinski definition) is 6. The van der Waals surface area contributed by atoms with Crippen LogP contribution in [-0.4, -0.2) is 32.9 Å². The van der Waals surface area contributed by atoms with Crippen molar-refractivity contribution in [1.82, 2.24) is 5.32 Å². The molecule has 0 spiro atoms. The zero-order valence-electron chi connectivity index (χ0n) is 17.2. The fourth-order valence-electron chi connectivity index (χ4n) is 2.93. The summed E-state index contributed by atoms with van der Waals surface area (Å²) in [5, 5.41) is 13.8. The van der Waals surface area contributed by atoms with E-state index in [2.05, 4.69) is 5.32 Å². The van der Waals surface area contributed by atoms with E-state index in [4.69, 9.17) is 4.74 Å². The van der Waals surface area contributed by atoms with Gasteiger partial charge in [0.05, 0.1) is 22.6 Å². The second kappa shape index (κ2) is 9.92. The van der Waals surface area contributed by atoms with Crippen LogP contribution in [0.5, 0.6) is 5.75 Å². The first-order valence-corrected chi connectivity index (χ1v) is 11.0. The molecule has 0 bridgehead atoms. The third-order valence-corrected chi connectivity index (χ3v) is 6.38. The Balaban J connectivity index is 1.86. The van der Waals surface area contributed by atoms with Gasteiger partial charge in [0.1, 0.15) is 12.3 Å². The zero-order chi connectivity index (χ0) is 23.1. The fourth-order valence-corrected chi connectivity index (χ4v) is 4.36. The van der Waals surface area contributed by atoms with E-state index < -0.39 is 27.4 Å². The second-order valence-electron chi connectivity index (χ2n) is 6.73. The second-order valence-corrected chi connectivity index (χ2v) is 8.59. The number of carbonyl (C=O) groups is 1. The van der Waals surface area contributed by atoms with Gasteiger partial charge in [0, 0.05) is 18.7 Å². The minimum Gasteiger partial charge on any atom is -0.497 e. The Morgan fingerprint density at radius 2 is 1.72 bits per heavy atom. The minimum absolute atomic E-state index is 0.0163. The van der Waals surface area contributed by atoms with Gasteiger partial charge in [0.15, 0.2) is 0 Å². The monoisotopic (exact) mass is 455 g/mol. The number of anilines is 1. The summed E-state index contributed by atoms with van der Waals surface area (Å²) in [6.45, 7) is -0.370.